The third-order valence-corrected chi connectivity index (χ3v) is 6.91. The number of carboxylic acids is 2. The summed E-state index contributed by atoms with van der Waals surface area (Å²) in [5.41, 5.74) is -3.31. The van der Waals surface area contributed by atoms with Crippen molar-refractivity contribution in [3.8, 4) is 0 Å². The molecule has 0 amide bonds. The van der Waals surface area contributed by atoms with Crippen LogP contribution in [0, 0.1) is 0 Å². The molecule has 37 heavy (non-hydrogen) atoms. The van der Waals surface area contributed by atoms with Gasteiger partial charge in [0.1, 0.15) is 11.2 Å². The molecular weight excluding hydrogens is 496 g/mol. The first-order chi connectivity index (χ1) is 17.0. The van der Waals surface area contributed by atoms with Gasteiger partial charge in [0.25, 0.3) is 0 Å². The number of hydrogen-bond acceptors (Lipinski definition) is 6. The maximum atomic E-state index is 10.6. The Morgan fingerprint density at radius 2 is 0.676 bits per heavy atom. The number of carbonyl (C=O) groups is 2. The number of rotatable bonds is 24. The summed E-state index contributed by atoms with van der Waals surface area (Å²) in [5.74, 6) is -2.73. The second kappa shape index (κ2) is 27.7. The van der Waals surface area contributed by atoms with Crippen molar-refractivity contribution in [1.29, 1.82) is 0 Å². The van der Waals surface area contributed by atoms with E-state index in [1.807, 2.05) is 0 Å². The molecule has 0 rings (SSSR count). The van der Waals surface area contributed by atoms with Gasteiger partial charge in [-0.3, -0.25) is 0 Å². The van der Waals surface area contributed by atoms with Crippen molar-refractivity contribution in [1.82, 2.24) is 0 Å². The van der Waals surface area contributed by atoms with Gasteiger partial charge in [-0.15, -0.1) is 0 Å². The van der Waals surface area contributed by atoms with Gasteiger partial charge in [0.15, 0.2) is 0 Å². The van der Waals surface area contributed by atoms with Crippen LogP contribution >= 0.6 is 0 Å². The SMILES string of the molecule is CCCCCCCCCCCCC(C)(O)C(=O)[O-].CCCCCCCCCCCCC(C)(O)C(=O)[O-].[Ca+2]. The summed E-state index contributed by atoms with van der Waals surface area (Å²) in [5, 5.41) is 40.0. The largest absolute Gasteiger partial charge is 2.00 e. The van der Waals surface area contributed by atoms with Gasteiger partial charge in [0.2, 0.25) is 0 Å². The minimum Gasteiger partial charge on any atom is -0.547 e. The first-order valence-electron chi connectivity index (χ1n) is 14.9. The summed E-state index contributed by atoms with van der Waals surface area (Å²) >= 11 is 0. The maximum Gasteiger partial charge on any atom is 2.00 e. The molecule has 6 nitrogen and oxygen atoms in total. The fourth-order valence-corrected chi connectivity index (χ4v) is 4.12. The Kier molecular flexibility index (Phi) is 31.1. The van der Waals surface area contributed by atoms with Crippen LogP contribution < -0.4 is 10.2 Å². The van der Waals surface area contributed by atoms with Crippen LogP contribution in [-0.2, 0) is 9.59 Å². The third-order valence-electron chi connectivity index (χ3n) is 6.91. The third kappa shape index (κ3) is 28.9. The van der Waals surface area contributed by atoms with Crippen molar-refractivity contribution in [3.05, 3.63) is 0 Å². The molecule has 0 radical (unpaired) electrons. The molecule has 2 N–H and O–H groups in total. The molecule has 0 heterocycles. The summed E-state index contributed by atoms with van der Waals surface area (Å²) in [6, 6.07) is 0. The molecule has 0 aliphatic carbocycles. The van der Waals surface area contributed by atoms with E-state index in [0.29, 0.717) is 12.8 Å². The summed E-state index contributed by atoms with van der Waals surface area (Å²) in [6.45, 7) is 7.08. The van der Waals surface area contributed by atoms with Gasteiger partial charge in [0.05, 0.1) is 11.9 Å². The number of carboxylic acid groups (broad SMARTS) is 2. The molecular formula is C30H58CaO6. The van der Waals surface area contributed by atoms with E-state index in [1.165, 1.54) is 104 Å². The average molecular weight is 555 g/mol. The molecule has 0 saturated heterocycles. The van der Waals surface area contributed by atoms with Crippen molar-refractivity contribution in [2.24, 2.45) is 0 Å². The smallest absolute Gasteiger partial charge is 0.547 e. The molecule has 7 heteroatoms. The van der Waals surface area contributed by atoms with Crippen LogP contribution in [0.3, 0.4) is 0 Å². The Morgan fingerprint density at radius 3 is 0.865 bits per heavy atom. The number of unbranched alkanes of at least 4 members (excludes halogenated alkanes) is 18. The average Bonchev–Trinajstić information content (AvgIpc) is 2.81. The summed E-state index contributed by atoms with van der Waals surface area (Å²) in [6.07, 6.45) is 24.7. The molecule has 216 valence electrons. The molecule has 0 aliphatic rings. The first-order valence-corrected chi connectivity index (χ1v) is 14.9. The Bertz CT molecular complexity index is 476. The molecule has 0 aromatic carbocycles. The predicted octanol–water partition coefficient (Wildman–Crippen LogP) is 5.22. The Balaban J connectivity index is -0.000000608. The van der Waals surface area contributed by atoms with E-state index < -0.39 is 23.1 Å². The van der Waals surface area contributed by atoms with Gasteiger partial charge in [-0.25, -0.2) is 0 Å². The summed E-state index contributed by atoms with van der Waals surface area (Å²) < 4.78 is 0. The van der Waals surface area contributed by atoms with Gasteiger partial charge in [-0.2, -0.15) is 0 Å². The fraction of sp³-hybridized carbons (Fsp3) is 0.933. The topological polar surface area (TPSA) is 121 Å². The zero-order valence-corrected chi connectivity index (χ0v) is 27.0. The Hall–Kier alpha value is 0.120. The van der Waals surface area contributed by atoms with E-state index in [9.17, 15) is 30.0 Å². The van der Waals surface area contributed by atoms with Crippen molar-refractivity contribution in [2.45, 2.75) is 180 Å². The molecule has 0 bridgehead atoms. The molecule has 0 saturated carbocycles. The minimum atomic E-state index is -1.65. The van der Waals surface area contributed by atoms with E-state index >= 15 is 0 Å². The summed E-state index contributed by atoms with van der Waals surface area (Å²) in [7, 11) is 0. The Morgan fingerprint density at radius 1 is 0.486 bits per heavy atom. The second-order valence-corrected chi connectivity index (χ2v) is 11.0. The monoisotopic (exact) mass is 554 g/mol. The van der Waals surface area contributed by atoms with Crippen LogP contribution in [0.4, 0.5) is 0 Å². The molecule has 0 aromatic heterocycles. The van der Waals surface area contributed by atoms with Crippen LogP contribution in [0.2, 0.25) is 0 Å². The van der Waals surface area contributed by atoms with E-state index in [1.54, 1.807) is 0 Å². The molecule has 0 fully saturated rings. The second-order valence-electron chi connectivity index (χ2n) is 11.0. The van der Waals surface area contributed by atoms with Crippen molar-refractivity contribution in [3.63, 3.8) is 0 Å². The van der Waals surface area contributed by atoms with Crippen LogP contribution in [0.5, 0.6) is 0 Å². The fourth-order valence-electron chi connectivity index (χ4n) is 4.12. The maximum absolute atomic E-state index is 10.6. The van der Waals surface area contributed by atoms with E-state index in [0.717, 1.165) is 38.5 Å². The van der Waals surface area contributed by atoms with Crippen molar-refractivity contribution >= 4 is 49.7 Å². The van der Waals surface area contributed by atoms with E-state index in [4.69, 9.17) is 0 Å². The standard InChI is InChI=1S/2C15H30O3.Ca/c2*1-3-4-5-6-7-8-9-10-11-12-13-15(2,18)14(16)17;/h2*18H,3-13H2,1-2H3,(H,16,17);/q;;+2/p-2. The Labute approximate surface area is 258 Å². The number of hydrogen-bond donors (Lipinski definition) is 2. The minimum absolute atomic E-state index is 0. The predicted molar refractivity (Wildman–Crippen MR) is 150 cm³/mol. The van der Waals surface area contributed by atoms with E-state index in [-0.39, 0.29) is 37.7 Å². The zero-order valence-electron chi connectivity index (χ0n) is 24.8. The summed E-state index contributed by atoms with van der Waals surface area (Å²) in [4.78, 5) is 21.1. The molecule has 2 atom stereocenters. The van der Waals surface area contributed by atoms with Crippen LogP contribution in [0.15, 0.2) is 0 Å². The zero-order chi connectivity index (χ0) is 27.7. The number of aliphatic carboxylic acids is 2. The quantitative estimate of drug-likeness (QED) is 0.125. The van der Waals surface area contributed by atoms with Gasteiger partial charge in [-0.1, -0.05) is 142 Å². The van der Waals surface area contributed by atoms with Crippen molar-refractivity contribution in [2.75, 3.05) is 0 Å². The van der Waals surface area contributed by atoms with Gasteiger partial charge in [-0.05, 0) is 26.7 Å². The molecule has 0 aromatic rings. The van der Waals surface area contributed by atoms with E-state index in [2.05, 4.69) is 13.8 Å². The van der Waals surface area contributed by atoms with Gasteiger partial charge in [0, 0.05) is 0 Å². The molecule has 0 aliphatic heterocycles. The van der Waals surface area contributed by atoms with Crippen LogP contribution in [0.1, 0.15) is 169 Å². The molecule has 2 unspecified atom stereocenters. The van der Waals surface area contributed by atoms with Gasteiger partial charge >= 0.3 is 37.7 Å². The van der Waals surface area contributed by atoms with Crippen LogP contribution in [-0.4, -0.2) is 71.1 Å². The molecule has 0 spiro atoms. The van der Waals surface area contributed by atoms with Gasteiger partial charge < -0.3 is 30.0 Å². The van der Waals surface area contributed by atoms with Crippen molar-refractivity contribution < 1.29 is 30.0 Å². The normalized spacial score (nSPS) is 14.0. The number of carbonyl (C=O) groups excluding carboxylic acids is 2. The van der Waals surface area contributed by atoms with Crippen LogP contribution in [0.25, 0.3) is 0 Å². The number of aliphatic hydroxyl groups is 2. The first kappa shape index (κ1) is 41.6.